The number of thiophene rings is 1. The molecule has 0 aliphatic heterocycles. The lowest BCUT2D eigenvalue weighted by molar-refractivity contribution is 0.0939. The van der Waals surface area contributed by atoms with Crippen LogP contribution in [0.15, 0.2) is 34.4 Å². The SMILES string of the molecule is CC(C)C(=O)c1ccn(Cc2ccc(Br)s2)c1. The van der Waals surface area contributed by atoms with Crippen molar-refractivity contribution >= 4 is 33.0 Å². The smallest absolute Gasteiger partial charge is 0.166 e. The predicted octanol–water partition coefficient (Wildman–Crippen LogP) is 4.20. The maximum absolute atomic E-state index is 11.8. The Balaban J connectivity index is 2.11. The molecule has 17 heavy (non-hydrogen) atoms. The van der Waals surface area contributed by atoms with Crippen molar-refractivity contribution in [2.75, 3.05) is 0 Å². The van der Waals surface area contributed by atoms with Gasteiger partial charge in [-0.15, -0.1) is 11.3 Å². The maximum atomic E-state index is 11.8. The molecule has 4 heteroatoms. The topological polar surface area (TPSA) is 22.0 Å². The average Bonchev–Trinajstić information content (AvgIpc) is 2.87. The van der Waals surface area contributed by atoms with Crippen LogP contribution >= 0.6 is 27.3 Å². The van der Waals surface area contributed by atoms with Crippen molar-refractivity contribution in [1.29, 1.82) is 0 Å². The van der Waals surface area contributed by atoms with Gasteiger partial charge in [0, 0.05) is 28.8 Å². The Morgan fingerprint density at radius 1 is 1.41 bits per heavy atom. The first-order valence-corrected chi connectivity index (χ1v) is 7.11. The predicted molar refractivity (Wildman–Crippen MR) is 74.7 cm³/mol. The molecule has 0 saturated heterocycles. The highest BCUT2D eigenvalue weighted by Crippen LogP contribution is 2.23. The van der Waals surface area contributed by atoms with Gasteiger partial charge in [-0.1, -0.05) is 13.8 Å². The van der Waals surface area contributed by atoms with Crippen molar-refractivity contribution in [3.8, 4) is 0 Å². The minimum Gasteiger partial charge on any atom is -0.348 e. The molecule has 0 amide bonds. The van der Waals surface area contributed by atoms with Crippen LogP contribution in [0.5, 0.6) is 0 Å². The minimum absolute atomic E-state index is 0.0572. The Kier molecular flexibility index (Phi) is 3.84. The van der Waals surface area contributed by atoms with E-state index in [4.69, 9.17) is 0 Å². The lowest BCUT2D eigenvalue weighted by Crippen LogP contribution is -2.06. The molecule has 0 saturated carbocycles. The highest BCUT2D eigenvalue weighted by Gasteiger charge is 2.11. The normalized spacial score (nSPS) is 11.1. The Hall–Kier alpha value is -0.870. The molecule has 0 aliphatic rings. The number of halogens is 1. The number of aromatic nitrogens is 1. The molecule has 0 N–H and O–H groups in total. The molecule has 2 heterocycles. The molecule has 0 radical (unpaired) electrons. The Morgan fingerprint density at radius 2 is 2.18 bits per heavy atom. The van der Waals surface area contributed by atoms with Gasteiger partial charge in [0.2, 0.25) is 0 Å². The molecule has 0 atom stereocenters. The second kappa shape index (κ2) is 5.19. The highest BCUT2D eigenvalue weighted by molar-refractivity contribution is 9.11. The van der Waals surface area contributed by atoms with Gasteiger partial charge in [0.05, 0.1) is 10.3 Å². The number of ketones is 1. The van der Waals surface area contributed by atoms with Gasteiger partial charge < -0.3 is 4.57 Å². The summed E-state index contributed by atoms with van der Waals surface area (Å²) in [5, 5.41) is 0. The van der Waals surface area contributed by atoms with Crippen LogP contribution in [0.2, 0.25) is 0 Å². The molecule has 0 unspecified atom stereocenters. The van der Waals surface area contributed by atoms with Gasteiger partial charge in [-0.25, -0.2) is 0 Å². The zero-order valence-corrected chi connectivity index (χ0v) is 12.2. The van der Waals surface area contributed by atoms with Crippen LogP contribution < -0.4 is 0 Å². The van der Waals surface area contributed by atoms with Gasteiger partial charge >= 0.3 is 0 Å². The number of hydrogen-bond acceptors (Lipinski definition) is 2. The van der Waals surface area contributed by atoms with E-state index in [2.05, 4.69) is 22.0 Å². The summed E-state index contributed by atoms with van der Waals surface area (Å²) in [6.07, 6.45) is 3.89. The maximum Gasteiger partial charge on any atom is 0.166 e. The molecular weight excluding hydrogens is 298 g/mol. The number of nitrogens with zero attached hydrogens (tertiary/aromatic N) is 1. The van der Waals surface area contributed by atoms with Gasteiger partial charge in [0.25, 0.3) is 0 Å². The third kappa shape index (κ3) is 3.07. The quantitative estimate of drug-likeness (QED) is 0.776. The first-order valence-electron chi connectivity index (χ1n) is 5.50. The van der Waals surface area contributed by atoms with E-state index >= 15 is 0 Å². The standard InChI is InChI=1S/C13H14BrNOS/c1-9(2)13(16)10-5-6-15(7-10)8-11-3-4-12(14)17-11/h3-7,9H,8H2,1-2H3. The summed E-state index contributed by atoms with van der Waals surface area (Å²) in [7, 11) is 0. The van der Waals surface area contributed by atoms with E-state index in [1.807, 2.05) is 42.9 Å². The van der Waals surface area contributed by atoms with E-state index in [1.54, 1.807) is 11.3 Å². The summed E-state index contributed by atoms with van der Waals surface area (Å²) in [5.41, 5.74) is 0.802. The largest absolute Gasteiger partial charge is 0.348 e. The molecular formula is C13H14BrNOS. The van der Waals surface area contributed by atoms with E-state index in [0.29, 0.717) is 0 Å². The number of hydrogen-bond donors (Lipinski definition) is 0. The Labute approximate surface area is 113 Å². The monoisotopic (exact) mass is 311 g/mol. The van der Waals surface area contributed by atoms with Gasteiger partial charge in [-0.3, -0.25) is 4.79 Å². The fraction of sp³-hybridized carbons (Fsp3) is 0.308. The molecule has 2 aromatic rings. The number of Topliss-reactive ketones (excluding diaryl/α,β-unsaturated/α-hetero) is 1. The van der Waals surface area contributed by atoms with Crippen LogP contribution in [0, 0.1) is 5.92 Å². The van der Waals surface area contributed by atoms with Gasteiger partial charge in [0.15, 0.2) is 5.78 Å². The molecule has 0 aromatic carbocycles. The summed E-state index contributed by atoms with van der Waals surface area (Å²) >= 11 is 5.17. The van der Waals surface area contributed by atoms with E-state index < -0.39 is 0 Å². The van der Waals surface area contributed by atoms with Crippen molar-refractivity contribution < 1.29 is 4.79 Å². The third-order valence-corrected chi connectivity index (χ3v) is 4.14. The lowest BCUT2D eigenvalue weighted by atomic mass is 10.0. The molecule has 2 rings (SSSR count). The van der Waals surface area contributed by atoms with Crippen molar-refractivity contribution in [2.45, 2.75) is 20.4 Å². The van der Waals surface area contributed by atoms with Crippen LogP contribution in [-0.2, 0) is 6.54 Å². The fourth-order valence-electron chi connectivity index (χ4n) is 1.63. The van der Waals surface area contributed by atoms with E-state index in [9.17, 15) is 4.79 Å². The summed E-state index contributed by atoms with van der Waals surface area (Å²) in [6, 6.07) is 6.04. The third-order valence-electron chi connectivity index (χ3n) is 2.53. The van der Waals surface area contributed by atoms with Crippen molar-refractivity contribution in [1.82, 2.24) is 4.57 Å². The van der Waals surface area contributed by atoms with E-state index in [-0.39, 0.29) is 11.7 Å². The Bertz CT molecular complexity index is 527. The van der Waals surface area contributed by atoms with Crippen LogP contribution in [0.4, 0.5) is 0 Å². The molecule has 0 fully saturated rings. The molecule has 90 valence electrons. The van der Waals surface area contributed by atoms with Crippen molar-refractivity contribution in [3.63, 3.8) is 0 Å². The summed E-state index contributed by atoms with van der Waals surface area (Å²) < 4.78 is 3.19. The molecule has 2 nitrogen and oxygen atoms in total. The highest BCUT2D eigenvalue weighted by atomic mass is 79.9. The summed E-state index contributed by atoms with van der Waals surface area (Å²) in [5.74, 6) is 0.262. The summed E-state index contributed by atoms with van der Waals surface area (Å²) in [6.45, 7) is 4.67. The van der Waals surface area contributed by atoms with Gasteiger partial charge in [0.1, 0.15) is 0 Å². The molecule has 2 aromatic heterocycles. The fourth-order valence-corrected chi connectivity index (χ4v) is 3.13. The molecule has 0 bridgehead atoms. The molecule has 0 aliphatic carbocycles. The number of carbonyl (C=O) groups excluding carboxylic acids is 1. The van der Waals surface area contributed by atoms with Crippen LogP contribution in [0.1, 0.15) is 29.1 Å². The van der Waals surface area contributed by atoms with Crippen LogP contribution in [-0.4, -0.2) is 10.4 Å². The second-order valence-electron chi connectivity index (χ2n) is 4.30. The van der Waals surface area contributed by atoms with Gasteiger partial charge in [-0.2, -0.15) is 0 Å². The first-order chi connectivity index (χ1) is 8.06. The minimum atomic E-state index is 0.0572. The number of carbonyl (C=O) groups is 1. The van der Waals surface area contributed by atoms with Crippen LogP contribution in [0.25, 0.3) is 0 Å². The average molecular weight is 312 g/mol. The van der Waals surface area contributed by atoms with Crippen molar-refractivity contribution in [2.24, 2.45) is 5.92 Å². The van der Waals surface area contributed by atoms with Gasteiger partial charge in [-0.05, 0) is 34.1 Å². The van der Waals surface area contributed by atoms with Crippen LogP contribution in [0.3, 0.4) is 0 Å². The second-order valence-corrected chi connectivity index (χ2v) is 6.84. The van der Waals surface area contributed by atoms with E-state index in [0.717, 1.165) is 15.9 Å². The van der Waals surface area contributed by atoms with E-state index in [1.165, 1.54) is 4.88 Å². The lowest BCUT2D eigenvalue weighted by Gasteiger charge is -2.01. The Morgan fingerprint density at radius 3 is 2.76 bits per heavy atom. The zero-order valence-electron chi connectivity index (χ0n) is 9.81. The zero-order chi connectivity index (χ0) is 12.4. The first kappa shape index (κ1) is 12.6. The van der Waals surface area contributed by atoms with Crippen molar-refractivity contribution in [3.05, 3.63) is 44.8 Å². The molecule has 0 spiro atoms. The summed E-state index contributed by atoms with van der Waals surface area (Å²) in [4.78, 5) is 13.1. The number of rotatable bonds is 4.